The first-order valence-electron chi connectivity index (χ1n) is 7.70. The minimum atomic E-state index is -1.54. The molecule has 12 nitrogen and oxygen atoms in total. The van der Waals surface area contributed by atoms with Crippen molar-refractivity contribution in [2.75, 3.05) is 13.2 Å². The van der Waals surface area contributed by atoms with E-state index in [1.807, 2.05) is 5.32 Å². The van der Waals surface area contributed by atoms with Gasteiger partial charge >= 0.3 is 11.9 Å². The molecule has 0 unspecified atom stereocenters. The number of carboxylic acids is 2. The van der Waals surface area contributed by atoms with E-state index < -0.39 is 66.9 Å². The van der Waals surface area contributed by atoms with Gasteiger partial charge in [-0.1, -0.05) is 0 Å². The molecule has 1 fully saturated rings. The molecule has 0 bridgehead atoms. The van der Waals surface area contributed by atoms with Crippen LogP contribution in [0.25, 0.3) is 0 Å². The molecule has 0 saturated carbocycles. The average Bonchev–Trinajstić information content (AvgIpc) is 2.93. The van der Waals surface area contributed by atoms with Gasteiger partial charge < -0.3 is 36.0 Å². The number of carbonyl (C=O) groups is 5. The summed E-state index contributed by atoms with van der Waals surface area (Å²) in [4.78, 5) is 58.4. The van der Waals surface area contributed by atoms with Gasteiger partial charge in [-0.2, -0.15) is 0 Å². The quantitative estimate of drug-likeness (QED) is 0.147. The predicted octanol–water partition coefficient (Wildman–Crippen LogP) is -3.51. The van der Waals surface area contributed by atoms with Gasteiger partial charge in [0.25, 0.3) is 0 Å². The number of nitrogens with zero attached hydrogens (tertiary/aromatic N) is 1. The maximum Gasteiger partial charge on any atom is 0.328 e. The zero-order chi connectivity index (χ0) is 20.0. The Balaban J connectivity index is 0.00000676. The zero-order valence-corrected chi connectivity index (χ0v) is 16.6. The van der Waals surface area contributed by atoms with Crippen molar-refractivity contribution in [2.24, 2.45) is 0 Å². The molecule has 27 heavy (non-hydrogen) atoms. The Labute approximate surface area is 147 Å². The first-order chi connectivity index (χ1) is 12.1. The molecule has 13 heteroatoms. The Hall–Kier alpha value is -3.73. The van der Waals surface area contributed by atoms with Gasteiger partial charge in [0.1, 0.15) is 24.5 Å². The minimum absolute atomic E-state index is 0. The summed E-state index contributed by atoms with van der Waals surface area (Å²) in [7, 11) is 0. The normalized spacial score (nSPS) is 20.8. The Bertz CT molecular complexity index is 600. The number of amides is 3. The number of aliphatic hydroxyl groups is 2. The minimum Gasteiger partial charge on any atom is -0.481 e. The first-order valence-corrected chi connectivity index (χ1v) is 7.70. The van der Waals surface area contributed by atoms with Crippen molar-refractivity contribution in [3.05, 3.63) is 0 Å². The summed E-state index contributed by atoms with van der Waals surface area (Å²) in [6.07, 6.45) is -1.98. The topological polar surface area (TPSA) is 194 Å². The van der Waals surface area contributed by atoms with Crippen molar-refractivity contribution in [2.45, 2.75) is 44.0 Å². The Kier molecular flexibility index (Phi) is 8.34. The van der Waals surface area contributed by atoms with Crippen molar-refractivity contribution in [3.8, 4) is 0 Å². The third kappa shape index (κ3) is 6.25. The largest absolute Gasteiger partial charge is 0.481 e. The fourth-order valence-corrected chi connectivity index (χ4v) is 2.43. The molecule has 1 aliphatic rings. The number of aliphatic carboxylic acids is 2. The van der Waals surface area contributed by atoms with E-state index in [0.29, 0.717) is 0 Å². The van der Waals surface area contributed by atoms with Crippen LogP contribution in [0.1, 0.15) is 19.8 Å². The molecular formula is C14H21FmN3O9. The van der Waals surface area contributed by atoms with Crippen LogP contribution < -0.4 is 10.6 Å². The molecule has 1 saturated heterocycles. The van der Waals surface area contributed by atoms with Gasteiger partial charge in [-0.05, 0) is 6.92 Å². The summed E-state index contributed by atoms with van der Waals surface area (Å²) in [6.45, 7) is 0.211. The third-order valence-corrected chi connectivity index (χ3v) is 3.75. The molecule has 0 aliphatic carbocycles. The smallest absolute Gasteiger partial charge is 0.328 e. The maximum absolute atomic E-state index is 12.3. The van der Waals surface area contributed by atoms with E-state index in [2.05, 4.69) is 5.32 Å². The van der Waals surface area contributed by atoms with Gasteiger partial charge in [-0.25, -0.2) is 4.79 Å². The molecular weight excluding hydrogens is 611 g/mol. The predicted molar refractivity (Wildman–Crippen MR) is 82.6 cm³/mol. The molecule has 0 aromatic rings. The Morgan fingerprint density at radius 2 is 1.74 bits per heavy atom. The van der Waals surface area contributed by atoms with E-state index in [-0.39, 0.29) is 13.0 Å². The number of aliphatic hydroxyl groups excluding tert-OH is 2. The van der Waals surface area contributed by atoms with Crippen LogP contribution in [0.2, 0.25) is 0 Å². The zero-order valence-electron chi connectivity index (χ0n) is 14.2. The van der Waals surface area contributed by atoms with E-state index in [1.165, 1.54) is 6.92 Å². The van der Waals surface area contributed by atoms with Crippen LogP contribution >= 0.6 is 0 Å². The summed E-state index contributed by atoms with van der Waals surface area (Å²) >= 11 is 0. The van der Waals surface area contributed by atoms with E-state index in [1.54, 1.807) is 0 Å². The molecule has 1 heterocycles. The van der Waals surface area contributed by atoms with Crippen LogP contribution in [0.5, 0.6) is 0 Å². The van der Waals surface area contributed by atoms with Gasteiger partial charge in [-0.15, -0.1) is 0 Å². The van der Waals surface area contributed by atoms with E-state index in [9.17, 15) is 29.1 Å². The number of carboxylic acid groups (broad SMARTS) is 2. The van der Waals surface area contributed by atoms with Crippen molar-refractivity contribution in [3.63, 3.8) is 0 Å². The van der Waals surface area contributed by atoms with E-state index in [0.717, 1.165) is 4.90 Å². The summed E-state index contributed by atoms with van der Waals surface area (Å²) < 4.78 is 0. The van der Waals surface area contributed by atoms with Crippen LogP contribution in [0.4, 0.5) is 0 Å². The maximum atomic E-state index is 12.3. The van der Waals surface area contributed by atoms with Crippen molar-refractivity contribution in [1.29, 1.82) is 0 Å². The number of carbonyl (C=O) groups excluding carboxylic acids is 3. The summed E-state index contributed by atoms with van der Waals surface area (Å²) in [5.41, 5.74) is 0. The number of rotatable bonds is 8. The van der Waals surface area contributed by atoms with Crippen molar-refractivity contribution >= 4 is 29.7 Å². The second-order valence-electron chi connectivity index (χ2n) is 5.83. The van der Waals surface area contributed by atoms with Crippen LogP contribution in [-0.2, 0) is 24.0 Å². The van der Waals surface area contributed by atoms with Crippen LogP contribution in [0, 0.1) is 0 Å². The molecule has 158 valence electrons. The molecule has 0 radical (unpaired) electrons. The second kappa shape index (κ2) is 9.68. The molecule has 6 N–H and O–H groups in total. The number of hydrogen-bond donors (Lipinski definition) is 6. The monoisotopic (exact) mass is 632 g/mol. The molecule has 0 spiro atoms. The van der Waals surface area contributed by atoms with Crippen LogP contribution in [-0.4, -0.2) is 92.4 Å². The summed E-state index contributed by atoms with van der Waals surface area (Å²) in [5, 5.41) is 40.3. The van der Waals surface area contributed by atoms with Crippen molar-refractivity contribution < 1.29 is 44.4 Å². The summed E-state index contributed by atoms with van der Waals surface area (Å²) in [6, 6.07) is -3.88. The molecule has 3 amide bonds. The van der Waals surface area contributed by atoms with Gasteiger partial charge in [0.15, 0.2) is 0 Å². The number of likely N-dealkylation sites (tertiary alicyclic amines) is 1. The van der Waals surface area contributed by atoms with Crippen LogP contribution in [0.15, 0.2) is 0 Å². The Morgan fingerprint density at radius 3 is 2.22 bits per heavy atom. The van der Waals surface area contributed by atoms with Gasteiger partial charge in [-0.3, -0.25) is 19.2 Å². The van der Waals surface area contributed by atoms with Crippen LogP contribution in [0.3, 0.4) is 0 Å². The molecule has 4 atom stereocenters. The van der Waals surface area contributed by atoms with Gasteiger partial charge in [0, 0.05) is 13.0 Å². The molecule has 1 rings (SSSR count). The van der Waals surface area contributed by atoms with E-state index in [4.69, 9.17) is 15.3 Å². The first kappa shape index (κ1) is 23.3. The molecule has 0 aromatic heterocycles. The number of β-amino-alcohol motifs (C(OH)–C–C–N with tert-alkyl or cyclic N) is 1. The third-order valence-electron chi connectivity index (χ3n) is 3.75. The second-order valence-corrected chi connectivity index (χ2v) is 5.83. The van der Waals surface area contributed by atoms with E-state index >= 15 is 0 Å². The van der Waals surface area contributed by atoms with Crippen molar-refractivity contribution in [1.82, 2.24) is 15.5 Å². The standard InChI is InChI=1S/C14H21N3O9.Fm/c1-6(12(23)16-8(5-18)14(25)26)15-13(24)9-2-7(19)4-17(9)10(20)3-11(21)22;/h6-9,18-19H,2-5H2,1H3,(H,15,24)(H,16,23)(H,21,22)(H,25,26);/t6-,7+,8-,9-;/m0./s1. The fraction of sp³-hybridized carbons (Fsp3) is 0.643. The fourth-order valence-electron chi connectivity index (χ4n) is 2.43. The average molecular weight is 632 g/mol. The molecule has 1 aliphatic heterocycles. The van der Waals surface area contributed by atoms with Gasteiger partial charge in [0.05, 0.1) is 12.7 Å². The number of hydrogen-bond acceptors (Lipinski definition) is 7. The summed E-state index contributed by atoms with van der Waals surface area (Å²) in [5.74, 6) is -5.35. The van der Waals surface area contributed by atoms with Gasteiger partial charge in [0.2, 0.25) is 17.7 Å². The Morgan fingerprint density at radius 1 is 1.15 bits per heavy atom. The molecule has 0 aromatic carbocycles. The number of nitrogens with one attached hydrogen (secondary N) is 2. The SMILES string of the molecule is C[C@H](NC(=O)[C@@H]1C[C@@H](O)CN1C(=O)CC(=O)O)C(=O)N[C@@H](CO)C(=O)O.[Fm].